The smallest absolute Gasteiger partial charge is 0.315 e. The van der Waals surface area contributed by atoms with Crippen LogP contribution < -0.4 is 10.4 Å². The van der Waals surface area contributed by atoms with E-state index in [1.807, 2.05) is 26.0 Å². The maximum absolute atomic E-state index is 12.7. The molecule has 174 valence electrons. The summed E-state index contributed by atoms with van der Waals surface area (Å²) in [4.78, 5) is 12.7. The van der Waals surface area contributed by atoms with Gasteiger partial charge in [0.15, 0.2) is 0 Å². The molecule has 0 heterocycles. The Morgan fingerprint density at radius 1 is 0.906 bits per heavy atom. The van der Waals surface area contributed by atoms with Crippen LogP contribution in [0, 0.1) is 5.41 Å². The molecule has 0 aliphatic heterocycles. The van der Waals surface area contributed by atoms with Crippen LogP contribution in [0.4, 0.5) is 0 Å². The number of hydrogen-bond acceptors (Lipinski definition) is 3. The molecule has 0 bridgehead atoms. The summed E-state index contributed by atoms with van der Waals surface area (Å²) in [7, 11) is -2.58. The Morgan fingerprint density at radius 3 is 1.88 bits per heavy atom. The summed E-state index contributed by atoms with van der Waals surface area (Å²) in [5, 5.41) is 2.44. The molecule has 0 spiro atoms. The molecule has 0 fully saturated rings. The van der Waals surface area contributed by atoms with Crippen molar-refractivity contribution < 1.29 is 14.0 Å². The average Bonchev–Trinajstić information content (AvgIpc) is 2.78. The quantitative estimate of drug-likeness (QED) is 0.243. The zero-order chi connectivity index (χ0) is 23.7. The first-order valence-corrected chi connectivity index (χ1v) is 13.7. The van der Waals surface area contributed by atoms with Crippen LogP contribution in [0.5, 0.6) is 0 Å². The molecule has 0 N–H and O–H groups in total. The number of ether oxygens (including phenoxy) is 1. The summed E-state index contributed by atoms with van der Waals surface area (Å²) in [6.45, 7) is 13.6. The third kappa shape index (κ3) is 5.99. The van der Waals surface area contributed by atoms with Crippen LogP contribution in [0.15, 0.2) is 72.8 Å². The monoisotopic (exact) mass is 452 g/mol. The van der Waals surface area contributed by atoms with Crippen LogP contribution in [-0.2, 0) is 14.0 Å². The maximum atomic E-state index is 12.7. The molecule has 2 aromatic carbocycles. The summed E-state index contributed by atoms with van der Waals surface area (Å²) in [6, 6.07) is 21.2. The van der Waals surface area contributed by atoms with Gasteiger partial charge in [0.05, 0.1) is 18.6 Å². The van der Waals surface area contributed by atoms with E-state index in [2.05, 4.69) is 88.4 Å². The summed E-state index contributed by atoms with van der Waals surface area (Å²) >= 11 is 0. The first-order valence-electron chi connectivity index (χ1n) is 11.8. The fourth-order valence-electron chi connectivity index (χ4n) is 4.34. The molecule has 0 saturated heterocycles. The summed E-state index contributed by atoms with van der Waals surface area (Å²) in [5.41, 5.74) is -0.624. The van der Waals surface area contributed by atoms with Crippen molar-refractivity contribution in [1.29, 1.82) is 0 Å². The second-order valence-electron chi connectivity index (χ2n) is 9.62. The van der Waals surface area contributed by atoms with Gasteiger partial charge >= 0.3 is 5.97 Å². The second-order valence-corrected chi connectivity index (χ2v) is 13.9. The molecule has 0 unspecified atom stereocenters. The predicted molar refractivity (Wildman–Crippen MR) is 137 cm³/mol. The van der Waals surface area contributed by atoms with Crippen molar-refractivity contribution in [2.24, 2.45) is 5.41 Å². The number of benzene rings is 2. The van der Waals surface area contributed by atoms with E-state index >= 15 is 0 Å². The van der Waals surface area contributed by atoms with E-state index in [0.29, 0.717) is 13.2 Å². The zero-order valence-corrected chi connectivity index (χ0v) is 21.7. The van der Waals surface area contributed by atoms with Gasteiger partial charge in [0.25, 0.3) is 8.32 Å². The van der Waals surface area contributed by atoms with Crippen molar-refractivity contribution in [1.82, 2.24) is 0 Å². The molecule has 0 aliphatic carbocycles. The van der Waals surface area contributed by atoms with Crippen molar-refractivity contribution >= 4 is 24.7 Å². The minimum atomic E-state index is -2.58. The van der Waals surface area contributed by atoms with E-state index in [1.165, 1.54) is 10.4 Å². The lowest BCUT2D eigenvalue weighted by molar-refractivity contribution is -0.152. The van der Waals surface area contributed by atoms with Gasteiger partial charge in [0, 0.05) is 0 Å². The van der Waals surface area contributed by atoms with Crippen molar-refractivity contribution in [3.8, 4) is 0 Å². The van der Waals surface area contributed by atoms with Gasteiger partial charge in [-0.1, -0.05) is 113 Å². The fourth-order valence-corrected chi connectivity index (χ4v) is 8.84. The lowest BCUT2D eigenvalue weighted by Crippen LogP contribution is -2.66. The van der Waals surface area contributed by atoms with Gasteiger partial charge in [-0.05, 0) is 35.7 Å². The molecule has 0 aromatic heterocycles. The van der Waals surface area contributed by atoms with Gasteiger partial charge in [-0.15, -0.1) is 0 Å². The van der Waals surface area contributed by atoms with Crippen LogP contribution in [0.25, 0.3) is 0 Å². The Kier molecular flexibility index (Phi) is 9.47. The number of hydrogen-bond donors (Lipinski definition) is 0. The minimum Gasteiger partial charge on any atom is -0.465 e. The maximum Gasteiger partial charge on any atom is 0.315 e. The Labute approximate surface area is 196 Å². The number of carbonyl (C=O) groups is 1. The van der Waals surface area contributed by atoms with Gasteiger partial charge in [0.2, 0.25) is 0 Å². The van der Waals surface area contributed by atoms with E-state index in [4.69, 9.17) is 9.16 Å². The van der Waals surface area contributed by atoms with E-state index in [9.17, 15) is 4.79 Å². The fraction of sp³-hybridized carbons (Fsp3) is 0.464. The normalized spacial score (nSPS) is 14.3. The number of unbranched alkanes of at least 4 members (excludes halogenated alkanes) is 1. The highest BCUT2D eigenvalue weighted by Crippen LogP contribution is 2.37. The molecule has 32 heavy (non-hydrogen) atoms. The van der Waals surface area contributed by atoms with Crippen LogP contribution in [-0.4, -0.2) is 27.5 Å². The lowest BCUT2D eigenvalue weighted by atomic mass is 9.84. The van der Waals surface area contributed by atoms with Gasteiger partial charge in [-0.2, -0.15) is 0 Å². The number of esters is 1. The van der Waals surface area contributed by atoms with E-state index in [0.717, 1.165) is 19.3 Å². The molecule has 0 radical (unpaired) electrons. The highest BCUT2D eigenvalue weighted by Gasteiger charge is 2.49. The zero-order valence-electron chi connectivity index (χ0n) is 20.7. The average molecular weight is 453 g/mol. The molecule has 2 rings (SSSR count). The van der Waals surface area contributed by atoms with E-state index < -0.39 is 13.7 Å². The predicted octanol–water partition coefficient (Wildman–Crippen LogP) is 5.88. The first kappa shape index (κ1) is 26.1. The molecule has 3 nitrogen and oxygen atoms in total. The Bertz CT molecular complexity index is 816. The van der Waals surface area contributed by atoms with Crippen molar-refractivity contribution in [3.05, 3.63) is 72.8 Å². The SMILES string of the molecule is CCCC[C@](C)(/C=C/CO[Si](c1ccccc1)(c1ccccc1)C(C)(C)C)C(=O)OCC. The van der Waals surface area contributed by atoms with Crippen LogP contribution in [0.1, 0.15) is 60.8 Å². The topological polar surface area (TPSA) is 35.5 Å². The number of rotatable bonds is 11. The third-order valence-corrected chi connectivity index (χ3v) is 11.1. The van der Waals surface area contributed by atoms with E-state index in [-0.39, 0.29) is 11.0 Å². The van der Waals surface area contributed by atoms with E-state index in [1.54, 1.807) is 0 Å². The molecular formula is C28H40O3Si. The van der Waals surface area contributed by atoms with Gasteiger partial charge in [-0.25, -0.2) is 0 Å². The molecule has 0 saturated carbocycles. The largest absolute Gasteiger partial charge is 0.465 e. The first-order chi connectivity index (χ1) is 15.2. The van der Waals surface area contributed by atoms with Gasteiger partial charge < -0.3 is 9.16 Å². The standard InChI is InChI=1S/C28H40O3Si/c1-7-9-21-28(6,26(29)30-8-2)22-16-23-31-32(27(3,4)5,24-17-12-10-13-18-24)25-19-14-11-15-20-25/h10-20,22H,7-9,21,23H2,1-6H3/b22-16+/t28-/m1/s1. The summed E-state index contributed by atoms with van der Waals surface area (Å²) < 4.78 is 12.3. The van der Waals surface area contributed by atoms with Crippen molar-refractivity contribution in [2.75, 3.05) is 13.2 Å². The molecule has 0 aliphatic rings. The molecule has 4 heteroatoms. The van der Waals surface area contributed by atoms with Gasteiger partial charge in [0.1, 0.15) is 0 Å². The molecule has 2 aromatic rings. The van der Waals surface area contributed by atoms with Gasteiger partial charge in [-0.3, -0.25) is 4.79 Å². The minimum absolute atomic E-state index is 0.0732. The Hall–Kier alpha value is -2.17. The molecule has 0 amide bonds. The summed E-state index contributed by atoms with van der Waals surface area (Å²) in [6.07, 6.45) is 6.82. The second kappa shape index (κ2) is 11.6. The highest BCUT2D eigenvalue weighted by atomic mass is 28.4. The molecule has 1 atom stereocenters. The van der Waals surface area contributed by atoms with Crippen LogP contribution in [0.3, 0.4) is 0 Å². The van der Waals surface area contributed by atoms with Crippen LogP contribution >= 0.6 is 0 Å². The third-order valence-electron chi connectivity index (χ3n) is 6.09. The Morgan fingerprint density at radius 2 is 1.44 bits per heavy atom. The Balaban J connectivity index is 2.40. The lowest BCUT2D eigenvalue weighted by Gasteiger charge is -2.42. The van der Waals surface area contributed by atoms with Crippen molar-refractivity contribution in [2.45, 2.75) is 65.8 Å². The van der Waals surface area contributed by atoms with Crippen molar-refractivity contribution in [3.63, 3.8) is 0 Å². The van der Waals surface area contributed by atoms with Crippen LogP contribution in [0.2, 0.25) is 5.04 Å². The number of carbonyl (C=O) groups excluding carboxylic acids is 1. The summed E-state index contributed by atoms with van der Waals surface area (Å²) in [5.74, 6) is -0.157. The molecular weight excluding hydrogens is 412 g/mol. The highest BCUT2D eigenvalue weighted by molar-refractivity contribution is 6.99.